The van der Waals surface area contributed by atoms with Crippen LogP contribution in [0, 0.1) is 5.92 Å². The van der Waals surface area contributed by atoms with Crippen LogP contribution in [0.15, 0.2) is 0 Å². The highest BCUT2D eigenvalue weighted by atomic mass is 32.2. The predicted octanol–water partition coefficient (Wildman–Crippen LogP) is 3.40. The van der Waals surface area contributed by atoms with Crippen molar-refractivity contribution in [2.24, 2.45) is 5.92 Å². The van der Waals surface area contributed by atoms with Gasteiger partial charge in [-0.2, -0.15) is 33.7 Å². The van der Waals surface area contributed by atoms with Crippen LogP contribution in [-0.4, -0.2) is 48.6 Å². The van der Waals surface area contributed by atoms with Crippen LogP contribution in [0.3, 0.4) is 0 Å². The number of nitrogens with one attached hydrogen (secondary N) is 1. The molecule has 0 heterocycles. The lowest BCUT2D eigenvalue weighted by Gasteiger charge is -2.22. The molecule has 142 valence electrons. The molecule has 0 saturated heterocycles. The van der Waals surface area contributed by atoms with E-state index in [0.29, 0.717) is 12.3 Å². The Morgan fingerprint density at radius 2 is 1.71 bits per heavy atom. The number of carbonyl (C=O) groups excluding carboxylic acids is 2. The molecule has 1 unspecified atom stereocenters. The fraction of sp³-hybridized carbons (Fsp3) is 0.857. The van der Waals surface area contributed by atoms with Crippen LogP contribution in [0.1, 0.15) is 33.1 Å². The number of thioether (sulfide) groups is 1. The van der Waals surface area contributed by atoms with Crippen molar-refractivity contribution in [1.82, 2.24) is 5.32 Å². The Kier molecular flexibility index (Phi) is 9.61. The summed E-state index contributed by atoms with van der Waals surface area (Å²) in [6.45, 7) is 3.93. The van der Waals surface area contributed by atoms with Crippen molar-refractivity contribution < 1.29 is 36.3 Å². The molecular formula is C14H22F5NO3S. The molecule has 24 heavy (non-hydrogen) atoms. The van der Waals surface area contributed by atoms with E-state index in [1.165, 1.54) is 17.1 Å². The number of hydrogen-bond acceptors (Lipinski definition) is 4. The summed E-state index contributed by atoms with van der Waals surface area (Å²) in [5.74, 6) is -8.48. The van der Waals surface area contributed by atoms with Crippen molar-refractivity contribution in [3.8, 4) is 0 Å². The van der Waals surface area contributed by atoms with E-state index in [1.807, 2.05) is 13.8 Å². The molecule has 0 rings (SSSR count). The molecule has 0 aromatic heterocycles. The zero-order chi connectivity index (χ0) is 19.0. The molecule has 0 fully saturated rings. The second-order valence-electron chi connectivity index (χ2n) is 5.58. The third-order valence-electron chi connectivity index (χ3n) is 3.01. The van der Waals surface area contributed by atoms with Gasteiger partial charge in [0.25, 0.3) is 0 Å². The molecule has 1 atom stereocenters. The minimum absolute atomic E-state index is 0.0122. The zero-order valence-corrected chi connectivity index (χ0v) is 14.5. The van der Waals surface area contributed by atoms with Gasteiger partial charge in [-0.3, -0.25) is 4.79 Å². The summed E-state index contributed by atoms with van der Waals surface area (Å²) in [5, 5.41) is 1.45. The van der Waals surface area contributed by atoms with Gasteiger partial charge in [-0.1, -0.05) is 13.8 Å². The maximum Gasteiger partial charge on any atom is 0.463 e. The molecule has 1 N–H and O–H groups in total. The monoisotopic (exact) mass is 379 g/mol. The van der Waals surface area contributed by atoms with Crippen LogP contribution >= 0.6 is 11.8 Å². The van der Waals surface area contributed by atoms with Gasteiger partial charge >= 0.3 is 24.0 Å². The minimum atomic E-state index is -6.03. The Bertz CT molecular complexity index is 416. The summed E-state index contributed by atoms with van der Waals surface area (Å²) < 4.78 is 67.3. The van der Waals surface area contributed by atoms with Crippen LogP contribution in [-0.2, 0) is 14.3 Å². The van der Waals surface area contributed by atoms with E-state index in [4.69, 9.17) is 4.74 Å². The molecule has 0 radical (unpaired) electrons. The highest BCUT2D eigenvalue weighted by Crippen LogP contribution is 2.35. The largest absolute Gasteiger partial charge is 0.464 e. The van der Waals surface area contributed by atoms with Crippen molar-refractivity contribution in [3.05, 3.63) is 0 Å². The van der Waals surface area contributed by atoms with Gasteiger partial charge in [-0.15, -0.1) is 0 Å². The molecule has 0 saturated carbocycles. The number of esters is 1. The van der Waals surface area contributed by atoms with Gasteiger partial charge in [0.05, 0.1) is 6.61 Å². The Morgan fingerprint density at radius 1 is 1.12 bits per heavy atom. The van der Waals surface area contributed by atoms with Crippen molar-refractivity contribution >= 4 is 23.6 Å². The van der Waals surface area contributed by atoms with E-state index in [1.54, 1.807) is 6.26 Å². The lowest BCUT2D eigenvalue weighted by molar-refractivity contribution is -0.270. The molecule has 4 nitrogen and oxygen atoms in total. The maximum absolute atomic E-state index is 13.0. The van der Waals surface area contributed by atoms with E-state index >= 15 is 0 Å². The lowest BCUT2D eigenvalue weighted by atomic mass is 10.1. The first-order chi connectivity index (χ1) is 10.9. The van der Waals surface area contributed by atoms with E-state index in [2.05, 4.69) is 0 Å². The van der Waals surface area contributed by atoms with Crippen LogP contribution in [0.5, 0.6) is 0 Å². The molecule has 10 heteroatoms. The number of alkyl halides is 5. The standard InChI is InChI=1S/C14H22F5NO3S/c1-9(2)5-4-7-23-11(21)10(6-8-24-3)20-12(22)13(15,16)14(17,18)19/h9-10H,4-8H2,1-3H3,(H,20,22). The van der Waals surface area contributed by atoms with Crippen molar-refractivity contribution in [2.45, 2.75) is 51.3 Å². The number of halogens is 5. The van der Waals surface area contributed by atoms with Crippen LogP contribution in [0.2, 0.25) is 0 Å². The Hall–Kier alpha value is -1.06. The number of amides is 1. The van der Waals surface area contributed by atoms with Gasteiger partial charge in [-0.25, -0.2) is 4.79 Å². The average molecular weight is 379 g/mol. The third-order valence-corrected chi connectivity index (χ3v) is 3.66. The third kappa shape index (κ3) is 7.67. The highest BCUT2D eigenvalue weighted by molar-refractivity contribution is 7.98. The Morgan fingerprint density at radius 3 is 2.17 bits per heavy atom. The van der Waals surface area contributed by atoms with E-state index in [-0.39, 0.29) is 18.8 Å². The van der Waals surface area contributed by atoms with Gasteiger partial charge in [0.15, 0.2) is 0 Å². The molecular weight excluding hydrogens is 357 g/mol. The van der Waals surface area contributed by atoms with Crippen LogP contribution in [0.4, 0.5) is 22.0 Å². The highest BCUT2D eigenvalue weighted by Gasteiger charge is 2.63. The van der Waals surface area contributed by atoms with E-state index in [9.17, 15) is 31.5 Å². The Balaban J connectivity index is 4.76. The quantitative estimate of drug-likeness (QED) is 0.359. The summed E-state index contributed by atoms with van der Waals surface area (Å²) in [6.07, 6.45) is -3.17. The summed E-state index contributed by atoms with van der Waals surface area (Å²) in [6, 6.07) is -1.54. The molecule has 0 aliphatic carbocycles. The second-order valence-corrected chi connectivity index (χ2v) is 6.57. The SMILES string of the molecule is CSCCC(NC(=O)C(F)(F)C(F)(F)F)C(=O)OCCCC(C)C. The van der Waals surface area contributed by atoms with Gasteiger partial charge in [-0.05, 0) is 37.2 Å². The molecule has 0 spiro atoms. The number of ether oxygens (including phenoxy) is 1. The summed E-state index contributed by atoms with van der Waals surface area (Å²) in [5.41, 5.74) is 0. The van der Waals surface area contributed by atoms with Gasteiger partial charge in [0.2, 0.25) is 0 Å². The molecule has 1 amide bonds. The fourth-order valence-corrected chi connectivity index (χ4v) is 2.10. The number of rotatable bonds is 10. The van der Waals surface area contributed by atoms with Crippen LogP contribution in [0.25, 0.3) is 0 Å². The molecule has 0 bridgehead atoms. The first-order valence-corrected chi connectivity index (χ1v) is 8.74. The number of hydrogen-bond donors (Lipinski definition) is 1. The average Bonchev–Trinajstić information content (AvgIpc) is 2.45. The molecule has 0 aromatic rings. The maximum atomic E-state index is 13.0. The van der Waals surface area contributed by atoms with Crippen LogP contribution < -0.4 is 5.32 Å². The predicted molar refractivity (Wildman–Crippen MR) is 81.0 cm³/mol. The molecule has 0 aromatic carbocycles. The molecule has 0 aliphatic heterocycles. The summed E-state index contributed by atoms with van der Waals surface area (Å²) in [7, 11) is 0. The van der Waals surface area contributed by atoms with Gasteiger partial charge in [0.1, 0.15) is 6.04 Å². The minimum Gasteiger partial charge on any atom is -0.464 e. The fourth-order valence-electron chi connectivity index (χ4n) is 1.63. The van der Waals surface area contributed by atoms with Gasteiger partial charge in [0, 0.05) is 0 Å². The summed E-state index contributed by atoms with van der Waals surface area (Å²) >= 11 is 1.25. The van der Waals surface area contributed by atoms with E-state index < -0.39 is 30.0 Å². The topological polar surface area (TPSA) is 55.4 Å². The molecule has 0 aliphatic rings. The smallest absolute Gasteiger partial charge is 0.463 e. The normalized spacial score (nSPS) is 13.7. The second kappa shape index (κ2) is 10.0. The van der Waals surface area contributed by atoms with Gasteiger partial charge < -0.3 is 10.1 Å². The first kappa shape index (κ1) is 22.9. The number of carbonyl (C=O) groups is 2. The Labute approximate surface area is 141 Å². The summed E-state index contributed by atoms with van der Waals surface area (Å²) in [4.78, 5) is 23.0. The van der Waals surface area contributed by atoms with Crippen molar-refractivity contribution in [3.63, 3.8) is 0 Å². The zero-order valence-electron chi connectivity index (χ0n) is 13.7. The van der Waals surface area contributed by atoms with Crippen molar-refractivity contribution in [1.29, 1.82) is 0 Å². The lowest BCUT2D eigenvalue weighted by Crippen LogP contribution is -2.55. The van der Waals surface area contributed by atoms with Crippen molar-refractivity contribution in [2.75, 3.05) is 18.6 Å². The van der Waals surface area contributed by atoms with E-state index in [0.717, 1.165) is 6.42 Å². The first-order valence-electron chi connectivity index (χ1n) is 7.34.